The van der Waals surface area contributed by atoms with Gasteiger partial charge in [0.1, 0.15) is 11.5 Å². The van der Waals surface area contributed by atoms with Crippen molar-refractivity contribution in [3.05, 3.63) is 23.3 Å². The van der Waals surface area contributed by atoms with Crippen molar-refractivity contribution in [3.63, 3.8) is 0 Å². The number of ether oxygens (including phenoxy) is 1. The Balaban J connectivity index is 1.92. The summed E-state index contributed by atoms with van der Waals surface area (Å²) in [6.07, 6.45) is 9.25. The van der Waals surface area contributed by atoms with Gasteiger partial charge in [-0.2, -0.15) is 0 Å². The summed E-state index contributed by atoms with van der Waals surface area (Å²) in [6.45, 7) is 4.35. The van der Waals surface area contributed by atoms with Crippen molar-refractivity contribution < 1.29 is 14.6 Å². The topological polar surface area (TPSA) is 46.5 Å². The first-order valence-electron chi connectivity index (χ1n) is 8.61. The van der Waals surface area contributed by atoms with Crippen LogP contribution in [0, 0.1) is 12.8 Å². The number of hydrogen-bond acceptors (Lipinski definition) is 3. The Morgan fingerprint density at radius 2 is 2.00 bits per heavy atom. The van der Waals surface area contributed by atoms with Crippen molar-refractivity contribution >= 4 is 5.78 Å². The molecule has 22 heavy (non-hydrogen) atoms. The Morgan fingerprint density at radius 1 is 1.27 bits per heavy atom. The second-order valence-electron chi connectivity index (χ2n) is 6.39. The summed E-state index contributed by atoms with van der Waals surface area (Å²) in [5, 5.41) is 10.0. The van der Waals surface area contributed by atoms with E-state index >= 15 is 0 Å². The average Bonchev–Trinajstić information content (AvgIpc) is 2.51. The molecule has 2 rings (SSSR count). The van der Waals surface area contributed by atoms with Gasteiger partial charge in [-0.3, -0.25) is 4.79 Å². The average molecular weight is 304 g/mol. The predicted octanol–water partition coefficient (Wildman–Crippen LogP) is 5.03. The largest absolute Gasteiger partial charge is 0.507 e. The fraction of sp³-hybridized carbons (Fsp3) is 0.632. The number of phenols is 1. The van der Waals surface area contributed by atoms with Gasteiger partial charge in [0.05, 0.1) is 12.2 Å². The maximum Gasteiger partial charge on any atom is 0.166 e. The second-order valence-corrected chi connectivity index (χ2v) is 6.39. The van der Waals surface area contributed by atoms with Gasteiger partial charge in [0, 0.05) is 6.42 Å². The molecule has 0 amide bonds. The fourth-order valence-electron chi connectivity index (χ4n) is 3.37. The molecule has 0 spiro atoms. The molecule has 0 aromatic heterocycles. The van der Waals surface area contributed by atoms with Crippen LogP contribution in [0.2, 0.25) is 0 Å². The number of carbonyl (C=O) groups excluding carboxylic acids is 1. The van der Waals surface area contributed by atoms with Crippen molar-refractivity contribution in [3.8, 4) is 11.5 Å². The van der Waals surface area contributed by atoms with Crippen LogP contribution in [0.15, 0.2) is 12.1 Å². The summed E-state index contributed by atoms with van der Waals surface area (Å²) in [5.74, 6) is 1.58. The molecule has 1 N–H and O–H groups in total. The minimum atomic E-state index is 0.0225. The maximum atomic E-state index is 12.4. The van der Waals surface area contributed by atoms with E-state index in [0.717, 1.165) is 24.3 Å². The molecule has 0 aliphatic heterocycles. The summed E-state index contributed by atoms with van der Waals surface area (Å²) in [5.41, 5.74) is 1.26. The van der Waals surface area contributed by atoms with Gasteiger partial charge in [0.25, 0.3) is 0 Å². The fourth-order valence-corrected chi connectivity index (χ4v) is 3.37. The van der Waals surface area contributed by atoms with Crippen LogP contribution in [0.1, 0.15) is 74.2 Å². The molecule has 0 radical (unpaired) electrons. The van der Waals surface area contributed by atoms with Crippen molar-refractivity contribution in [2.75, 3.05) is 6.61 Å². The Bertz CT molecular complexity index is 502. The van der Waals surface area contributed by atoms with Crippen molar-refractivity contribution in [2.45, 2.75) is 65.2 Å². The zero-order valence-corrected chi connectivity index (χ0v) is 13.9. The number of hydrogen-bond donors (Lipinski definition) is 1. The molecular formula is C19H28O3. The number of phenolic OH excluding ortho intramolecular Hbond substituents is 1. The van der Waals surface area contributed by atoms with Crippen molar-refractivity contribution in [1.29, 1.82) is 0 Å². The Labute approximate surface area is 133 Å². The molecule has 3 heteroatoms. The third kappa shape index (κ3) is 4.49. The van der Waals surface area contributed by atoms with E-state index in [9.17, 15) is 9.90 Å². The van der Waals surface area contributed by atoms with Gasteiger partial charge in [-0.05, 0) is 43.9 Å². The molecule has 1 fully saturated rings. The molecule has 1 aromatic carbocycles. The van der Waals surface area contributed by atoms with Gasteiger partial charge < -0.3 is 9.84 Å². The highest BCUT2D eigenvalue weighted by Gasteiger charge is 2.17. The summed E-state index contributed by atoms with van der Waals surface area (Å²) in [7, 11) is 0. The summed E-state index contributed by atoms with van der Waals surface area (Å²) < 4.78 is 5.52. The lowest BCUT2D eigenvalue weighted by Gasteiger charge is -2.21. The summed E-state index contributed by atoms with van der Waals surface area (Å²) in [6, 6.07) is 3.32. The SMILES string of the molecule is CCOc1cc(C(=O)CCCC2CCCCC2)c(O)cc1C. The highest BCUT2D eigenvalue weighted by molar-refractivity contribution is 5.99. The van der Waals surface area contributed by atoms with E-state index in [1.54, 1.807) is 12.1 Å². The normalized spacial score (nSPS) is 15.7. The van der Waals surface area contributed by atoms with Gasteiger partial charge in [-0.1, -0.05) is 38.5 Å². The van der Waals surface area contributed by atoms with E-state index in [2.05, 4.69) is 0 Å². The number of aryl methyl sites for hydroxylation is 1. The van der Waals surface area contributed by atoms with Crippen molar-refractivity contribution in [1.82, 2.24) is 0 Å². The third-order valence-corrected chi connectivity index (χ3v) is 4.63. The number of carbonyl (C=O) groups is 1. The lowest BCUT2D eigenvalue weighted by molar-refractivity contribution is 0.0973. The molecule has 0 saturated heterocycles. The van der Waals surface area contributed by atoms with Crippen LogP contribution in [-0.2, 0) is 0 Å². The minimum Gasteiger partial charge on any atom is -0.507 e. The quantitative estimate of drug-likeness (QED) is 0.718. The Morgan fingerprint density at radius 3 is 2.68 bits per heavy atom. The van der Waals surface area contributed by atoms with Crippen LogP contribution in [0.3, 0.4) is 0 Å². The summed E-state index contributed by atoms with van der Waals surface area (Å²) >= 11 is 0. The lowest BCUT2D eigenvalue weighted by atomic mass is 9.85. The van der Waals surface area contributed by atoms with Crippen LogP contribution >= 0.6 is 0 Å². The van der Waals surface area contributed by atoms with Gasteiger partial charge in [-0.25, -0.2) is 0 Å². The van der Waals surface area contributed by atoms with Gasteiger partial charge >= 0.3 is 0 Å². The highest BCUT2D eigenvalue weighted by Crippen LogP contribution is 2.31. The molecular weight excluding hydrogens is 276 g/mol. The van der Waals surface area contributed by atoms with Crippen LogP contribution in [0.5, 0.6) is 11.5 Å². The van der Waals surface area contributed by atoms with E-state index in [-0.39, 0.29) is 11.5 Å². The lowest BCUT2D eigenvalue weighted by Crippen LogP contribution is -2.08. The highest BCUT2D eigenvalue weighted by atomic mass is 16.5. The number of Topliss-reactive ketones (excluding diaryl/α,β-unsaturated/α-hetero) is 1. The third-order valence-electron chi connectivity index (χ3n) is 4.63. The summed E-state index contributed by atoms with van der Waals surface area (Å²) in [4.78, 5) is 12.4. The maximum absolute atomic E-state index is 12.4. The van der Waals surface area contributed by atoms with Gasteiger partial charge in [0.2, 0.25) is 0 Å². The molecule has 1 aliphatic carbocycles. The van der Waals surface area contributed by atoms with E-state index in [1.807, 2.05) is 13.8 Å². The van der Waals surface area contributed by atoms with E-state index in [0.29, 0.717) is 24.3 Å². The first-order chi connectivity index (χ1) is 10.6. The number of benzene rings is 1. The molecule has 1 saturated carbocycles. The number of rotatable bonds is 7. The number of aromatic hydroxyl groups is 1. The van der Waals surface area contributed by atoms with Crippen LogP contribution in [-0.4, -0.2) is 17.5 Å². The van der Waals surface area contributed by atoms with Gasteiger partial charge in [-0.15, -0.1) is 0 Å². The van der Waals surface area contributed by atoms with Gasteiger partial charge in [0.15, 0.2) is 5.78 Å². The molecule has 0 heterocycles. The number of ketones is 1. The standard InChI is InChI=1S/C19H28O3/c1-3-22-19-13-16(18(21)12-14(19)2)17(20)11-7-10-15-8-5-4-6-9-15/h12-13,15,21H,3-11H2,1-2H3. The second kappa shape index (κ2) is 8.21. The van der Waals surface area contributed by atoms with E-state index in [4.69, 9.17) is 4.74 Å². The van der Waals surface area contributed by atoms with Crippen LogP contribution in [0.25, 0.3) is 0 Å². The molecule has 0 atom stereocenters. The molecule has 0 bridgehead atoms. The molecule has 0 unspecified atom stereocenters. The molecule has 122 valence electrons. The minimum absolute atomic E-state index is 0.0225. The first kappa shape index (κ1) is 16.9. The zero-order chi connectivity index (χ0) is 15.9. The molecule has 3 nitrogen and oxygen atoms in total. The van der Waals surface area contributed by atoms with Crippen molar-refractivity contribution in [2.24, 2.45) is 5.92 Å². The Kier molecular flexibility index (Phi) is 6.29. The van der Waals surface area contributed by atoms with Crippen LogP contribution < -0.4 is 4.74 Å². The predicted molar refractivity (Wildman–Crippen MR) is 88.8 cm³/mol. The zero-order valence-electron chi connectivity index (χ0n) is 13.9. The molecule has 1 aromatic rings. The van der Waals surface area contributed by atoms with E-state index in [1.165, 1.54) is 32.1 Å². The smallest absolute Gasteiger partial charge is 0.166 e. The Hall–Kier alpha value is -1.51. The molecule has 1 aliphatic rings. The van der Waals surface area contributed by atoms with E-state index < -0.39 is 0 Å². The first-order valence-corrected chi connectivity index (χ1v) is 8.61. The van der Waals surface area contributed by atoms with Crippen LogP contribution in [0.4, 0.5) is 0 Å². The monoisotopic (exact) mass is 304 g/mol.